The first-order valence-electron chi connectivity index (χ1n) is 7.56. The first kappa shape index (κ1) is 14.5. The summed E-state index contributed by atoms with van der Waals surface area (Å²) in [6.45, 7) is 5.44. The summed E-state index contributed by atoms with van der Waals surface area (Å²) in [7, 11) is 0. The van der Waals surface area contributed by atoms with E-state index in [9.17, 15) is 5.11 Å². The van der Waals surface area contributed by atoms with Crippen LogP contribution in [0.25, 0.3) is 0 Å². The standard InChI is InChI=1S/C17H27NO/c1-17(2,14-9-5-3-6-10-14)13-18-15-11-7-4-8-12-16(15)19/h3,5-6,9-10,15-16,18-19H,4,7-8,11-13H2,1-2H3. The molecule has 2 atom stereocenters. The largest absolute Gasteiger partial charge is 0.392 e. The maximum Gasteiger partial charge on any atom is 0.0693 e. The van der Waals surface area contributed by atoms with Crippen LogP contribution in [0.4, 0.5) is 0 Å². The van der Waals surface area contributed by atoms with Gasteiger partial charge in [0.25, 0.3) is 0 Å². The molecule has 1 aliphatic carbocycles. The number of benzene rings is 1. The van der Waals surface area contributed by atoms with Crippen LogP contribution < -0.4 is 5.32 Å². The molecule has 2 rings (SSSR count). The molecule has 0 aromatic heterocycles. The number of nitrogens with one attached hydrogen (secondary N) is 1. The van der Waals surface area contributed by atoms with E-state index >= 15 is 0 Å². The van der Waals surface area contributed by atoms with Crippen molar-refractivity contribution in [3.63, 3.8) is 0 Å². The molecule has 2 unspecified atom stereocenters. The van der Waals surface area contributed by atoms with Crippen molar-refractivity contribution >= 4 is 0 Å². The number of aliphatic hydroxyl groups excluding tert-OH is 1. The van der Waals surface area contributed by atoms with Crippen LogP contribution in [-0.2, 0) is 5.41 Å². The molecule has 1 aliphatic rings. The predicted molar refractivity (Wildman–Crippen MR) is 80.4 cm³/mol. The molecular weight excluding hydrogens is 234 g/mol. The summed E-state index contributed by atoms with van der Waals surface area (Å²) in [5.74, 6) is 0. The zero-order chi connectivity index (χ0) is 13.7. The van der Waals surface area contributed by atoms with E-state index < -0.39 is 0 Å². The number of hydrogen-bond acceptors (Lipinski definition) is 2. The Labute approximate surface area is 117 Å². The fourth-order valence-corrected chi connectivity index (χ4v) is 2.90. The van der Waals surface area contributed by atoms with Crippen molar-refractivity contribution in [1.82, 2.24) is 5.32 Å². The second kappa shape index (κ2) is 6.53. The Bertz CT molecular complexity index is 374. The van der Waals surface area contributed by atoms with Crippen molar-refractivity contribution in [3.8, 4) is 0 Å². The van der Waals surface area contributed by atoms with Gasteiger partial charge in [-0.3, -0.25) is 0 Å². The van der Waals surface area contributed by atoms with Crippen molar-refractivity contribution in [2.45, 2.75) is 63.5 Å². The first-order valence-corrected chi connectivity index (χ1v) is 7.56. The van der Waals surface area contributed by atoms with Crippen molar-refractivity contribution in [3.05, 3.63) is 35.9 Å². The summed E-state index contributed by atoms with van der Waals surface area (Å²) >= 11 is 0. The van der Waals surface area contributed by atoms with Crippen LogP contribution in [-0.4, -0.2) is 23.8 Å². The zero-order valence-corrected chi connectivity index (χ0v) is 12.2. The smallest absolute Gasteiger partial charge is 0.0693 e. The third-order valence-corrected chi connectivity index (χ3v) is 4.34. The van der Waals surface area contributed by atoms with Crippen LogP contribution in [0.5, 0.6) is 0 Å². The molecule has 1 aromatic carbocycles. The minimum atomic E-state index is -0.172. The lowest BCUT2D eigenvalue weighted by Gasteiger charge is -2.30. The van der Waals surface area contributed by atoms with Crippen molar-refractivity contribution in [1.29, 1.82) is 0 Å². The lowest BCUT2D eigenvalue weighted by molar-refractivity contribution is 0.117. The molecular formula is C17H27NO. The van der Waals surface area contributed by atoms with Gasteiger partial charge in [-0.1, -0.05) is 63.4 Å². The van der Waals surface area contributed by atoms with Gasteiger partial charge < -0.3 is 10.4 Å². The quantitative estimate of drug-likeness (QED) is 0.816. The van der Waals surface area contributed by atoms with Gasteiger partial charge in [-0.25, -0.2) is 0 Å². The minimum absolute atomic E-state index is 0.104. The summed E-state index contributed by atoms with van der Waals surface area (Å²) in [5.41, 5.74) is 1.46. The summed E-state index contributed by atoms with van der Waals surface area (Å²) in [4.78, 5) is 0. The summed E-state index contributed by atoms with van der Waals surface area (Å²) in [6.07, 6.45) is 5.54. The Hall–Kier alpha value is -0.860. The Morgan fingerprint density at radius 1 is 1.11 bits per heavy atom. The Morgan fingerprint density at radius 2 is 1.79 bits per heavy atom. The summed E-state index contributed by atoms with van der Waals surface area (Å²) in [5, 5.41) is 13.8. The molecule has 0 radical (unpaired) electrons. The lowest BCUT2D eigenvalue weighted by Crippen LogP contribution is -2.44. The van der Waals surface area contributed by atoms with Gasteiger partial charge in [-0.2, -0.15) is 0 Å². The highest BCUT2D eigenvalue weighted by atomic mass is 16.3. The van der Waals surface area contributed by atoms with E-state index in [4.69, 9.17) is 0 Å². The maximum absolute atomic E-state index is 10.2. The Balaban J connectivity index is 1.93. The Morgan fingerprint density at radius 3 is 2.53 bits per heavy atom. The van der Waals surface area contributed by atoms with Crippen molar-refractivity contribution in [2.75, 3.05) is 6.54 Å². The second-order valence-electron chi connectivity index (χ2n) is 6.44. The van der Waals surface area contributed by atoms with Gasteiger partial charge in [0.15, 0.2) is 0 Å². The normalized spacial score (nSPS) is 25.0. The molecule has 2 nitrogen and oxygen atoms in total. The van der Waals surface area contributed by atoms with E-state index in [0.717, 1.165) is 19.4 Å². The van der Waals surface area contributed by atoms with E-state index in [0.29, 0.717) is 0 Å². The minimum Gasteiger partial charge on any atom is -0.392 e. The third-order valence-electron chi connectivity index (χ3n) is 4.34. The SMILES string of the molecule is CC(C)(CNC1CCCCCC1O)c1ccccc1. The van der Waals surface area contributed by atoms with Crippen LogP contribution in [0.1, 0.15) is 51.5 Å². The van der Waals surface area contributed by atoms with Gasteiger partial charge in [0.05, 0.1) is 6.10 Å². The van der Waals surface area contributed by atoms with Crippen LogP contribution in [0.2, 0.25) is 0 Å². The van der Waals surface area contributed by atoms with E-state index in [1.54, 1.807) is 0 Å². The highest BCUT2D eigenvalue weighted by molar-refractivity contribution is 5.23. The summed E-state index contributed by atoms with van der Waals surface area (Å²) < 4.78 is 0. The van der Waals surface area contributed by atoms with E-state index in [1.165, 1.54) is 24.8 Å². The molecule has 0 heterocycles. The van der Waals surface area contributed by atoms with Crippen LogP contribution in [0.15, 0.2) is 30.3 Å². The molecule has 106 valence electrons. The molecule has 2 heteroatoms. The fourth-order valence-electron chi connectivity index (χ4n) is 2.90. The van der Waals surface area contributed by atoms with Gasteiger partial charge >= 0.3 is 0 Å². The van der Waals surface area contributed by atoms with Crippen LogP contribution >= 0.6 is 0 Å². The maximum atomic E-state index is 10.2. The molecule has 1 saturated carbocycles. The highest BCUT2D eigenvalue weighted by Crippen LogP contribution is 2.24. The molecule has 0 spiro atoms. The molecule has 0 bridgehead atoms. The van der Waals surface area contributed by atoms with Crippen LogP contribution in [0, 0.1) is 0 Å². The Kier molecular flexibility index (Phi) is 5.00. The van der Waals surface area contributed by atoms with E-state index in [2.05, 4.69) is 49.5 Å². The van der Waals surface area contributed by atoms with Gasteiger partial charge in [-0.15, -0.1) is 0 Å². The molecule has 19 heavy (non-hydrogen) atoms. The second-order valence-corrected chi connectivity index (χ2v) is 6.44. The topological polar surface area (TPSA) is 32.3 Å². The van der Waals surface area contributed by atoms with Gasteiger partial charge in [0.2, 0.25) is 0 Å². The number of aliphatic hydroxyl groups is 1. The first-order chi connectivity index (χ1) is 9.09. The molecule has 0 saturated heterocycles. The average molecular weight is 261 g/mol. The summed E-state index contributed by atoms with van der Waals surface area (Å²) in [6, 6.07) is 10.9. The third kappa shape index (κ3) is 4.05. The average Bonchev–Trinajstić information content (AvgIpc) is 2.62. The van der Waals surface area contributed by atoms with Gasteiger partial charge in [0, 0.05) is 18.0 Å². The predicted octanol–water partition coefficient (Wildman–Crippen LogP) is 3.25. The molecule has 1 aromatic rings. The number of rotatable bonds is 4. The molecule has 0 amide bonds. The van der Waals surface area contributed by atoms with Gasteiger partial charge in [0.1, 0.15) is 0 Å². The van der Waals surface area contributed by atoms with Crippen molar-refractivity contribution in [2.24, 2.45) is 0 Å². The van der Waals surface area contributed by atoms with Crippen LogP contribution in [0.3, 0.4) is 0 Å². The van der Waals surface area contributed by atoms with E-state index in [1.807, 2.05) is 0 Å². The molecule has 2 N–H and O–H groups in total. The van der Waals surface area contributed by atoms with Crippen molar-refractivity contribution < 1.29 is 5.11 Å². The lowest BCUT2D eigenvalue weighted by atomic mass is 9.84. The van der Waals surface area contributed by atoms with Gasteiger partial charge in [-0.05, 0) is 18.4 Å². The zero-order valence-electron chi connectivity index (χ0n) is 12.2. The van der Waals surface area contributed by atoms with E-state index in [-0.39, 0.29) is 17.6 Å². The fraction of sp³-hybridized carbons (Fsp3) is 0.647. The number of hydrogen-bond donors (Lipinski definition) is 2. The monoisotopic (exact) mass is 261 g/mol. The highest BCUT2D eigenvalue weighted by Gasteiger charge is 2.25. The molecule has 0 aliphatic heterocycles. The molecule has 1 fully saturated rings.